The van der Waals surface area contributed by atoms with E-state index in [1.54, 1.807) is 0 Å². The summed E-state index contributed by atoms with van der Waals surface area (Å²) in [5.74, 6) is 0.0847. The van der Waals surface area contributed by atoms with E-state index in [1.807, 2.05) is 0 Å². The number of carbonyl (C=O) groups is 2. The number of carboxylic acid groups (broad SMARTS) is 1. The summed E-state index contributed by atoms with van der Waals surface area (Å²) in [7, 11) is 0. The van der Waals surface area contributed by atoms with Crippen molar-refractivity contribution >= 4 is 23.6 Å². The first-order valence-corrected chi connectivity index (χ1v) is 7.97. The summed E-state index contributed by atoms with van der Waals surface area (Å²) < 4.78 is 5.73. The second kappa shape index (κ2) is 5.32. The van der Waals surface area contributed by atoms with E-state index in [0.29, 0.717) is 12.2 Å². The largest absolute Gasteiger partial charge is 0.480 e. The topological polar surface area (TPSA) is 75.6 Å². The lowest BCUT2D eigenvalue weighted by molar-refractivity contribution is -0.137. The van der Waals surface area contributed by atoms with Crippen LogP contribution in [0.15, 0.2) is 0 Å². The first-order chi connectivity index (χ1) is 9.11. The molecular formula is C13H19NO4S. The van der Waals surface area contributed by atoms with Gasteiger partial charge >= 0.3 is 5.97 Å². The van der Waals surface area contributed by atoms with Gasteiger partial charge in [-0.1, -0.05) is 0 Å². The number of thioether (sulfide) groups is 1. The third-order valence-electron chi connectivity index (χ3n) is 4.28. The van der Waals surface area contributed by atoms with Gasteiger partial charge in [-0.25, -0.2) is 0 Å². The van der Waals surface area contributed by atoms with E-state index in [1.165, 1.54) is 11.8 Å². The lowest BCUT2D eigenvalue weighted by Crippen LogP contribution is -2.42. The van der Waals surface area contributed by atoms with Crippen LogP contribution in [-0.2, 0) is 14.3 Å². The fourth-order valence-corrected chi connectivity index (χ4v) is 4.49. The molecule has 0 aliphatic carbocycles. The minimum Gasteiger partial charge on any atom is -0.480 e. The number of amides is 1. The van der Waals surface area contributed by atoms with Gasteiger partial charge in [0.25, 0.3) is 0 Å². The van der Waals surface area contributed by atoms with Gasteiger partial charge in [0.1, 0.15) is 5.25 Å². The molecule has 3 rings (SSSR count). The third-order valence-corrected chi connectivity index (χ3v) is 5.67. The third kappa shape index (κ3) is 2.89. The van der Waals surface area contributed by atoms with E-state index < -0.39 is 5.97 Å². The average molecular weight is 285 g/mol. The molecule has 5 atom stereocenters. The predicted molar refractivity (Wildman–Crippen MR) is 71.0 cm³/mol. The molecule has 3 fully saturated rings. The molecule has 0 aromatic rings. The maximum absolute atomic E-state index is 12.2. The van der Waals surface area contributed by atoms with Crippen LogP contribution in [0.5, 0.6) is 0 Å². The van der Waals surface area contributed by atoms with Crippen LogP contribution in [-0.4, -0.2) is 46.2 Å². The van der Waals surface area contributed by atoms with E-state index in [0.717, 1.165) is 25.7 Å². The zero-order chi connectivity index (χ0) is 13.4. The maximum atomic E-state index is 12.2. The molecule has 19 heavy (non-hydrogen) atoms. The highest BCUT2D eigenvalue weighted by Gasteiger charge is 2.39. The molecule has 1 amide bonds. The number of hydrogen-bond acceptors (Lipinski definition) is 4. The van der Waals surface area contributed by atoms with E-state index >= 15 is 0 Å². The normalized spacial score (nSPS) is 41.2. The first-order valence-electron chi connectivity index (χ1n) is 6.92. The smallest absolute Gasteiger partial charge is 0.316 e. The molecule has 0 radical (unpaired) electrons. The molecule has 3 aliphatic rings. The fraction of sp³-hybridized carbons (Fsp3) is 0.846. The van der Waals surface area contributed by atoms with Gasteiger partial charge in [0.15, 0.2) is 0 Å². The van der Waals surface area contributed by atoms with Crippen molar-refractivity contribution in [3.63, 3.8) is 0 Å². The van der Waals surface area contributed by atoms with Gasteiger partial charge < -0.3 is 15.2 Å². The van der Waals surface area contributed by atoms with Crippen LogP contribution in [0.25, 0.3) is 0 Å². The van der Waals surface area contributed by atoms with Crippen molar-refractivity contribution in [2.45, 2.75) is 55.6 Å². The van der Waals surface area contributed by atoms with Crippen LogP contribution in [0.3, 0.4) is 0 Å². The van der Waals surface area contributed by atoms with Crippen LogP contribution in [0, 0.1) is 5.92 Å². The molecule has 1 unspecified atom stereocenters. The fourth-order valence-electron chi connectivity index (χ4n) is 3.29. The van der Waals surface area contributed by atoms with Crippen molar-refractivity contribution in [3.05, 3.63) is 0 Å². The Morgan fingerprint density at radius 1 is 1.16 bits per heavy atom. The van der Waals surface area contributed by atoms with Crippen LogP contribution < -0.4 is 5.32 Å². The summed E-state index contributed by atoms with van der Waals surface area (Å²) in [6.07, 6.45) is 4.87. The Labute approximate surface area is 116 Å². The van der Waals surface area contributed by atoms with Crippen molar-refractivity contribution < 1.29 is 19.4 Å². The zero-order valence-corrected chi connectivity index (χ0v) is 11.5. The lowest BCUT2D eigenvalue weighted by Gasteiger charge is -2.28. The summed E-state index contributed by atoms with van der Waals surface area (Å²) >= 11 is 1.42. The first kappa shape index (κ1) is 13.2. The summed E-state index contributed by atoms with van der Waals surface area (Å²) in [5.41, 5.74) is 0. The molecule has 3 aliphatic heterocycles. The molecule has 6 heteroatoms. The van der Waals surface area contributed by atoms with Crippen molar-refractivity contribution in [3.8, 4) is 0 Å². The van der Waals surface area contributed by atoms with Crippen LogP contribution in [0.1, 0.15) is 32.1 Å². The SMILES string of the molecule is O=C(N[C@@H]1CS[C@H](C(=O)O)C1)C1C[C@H]2CC[C@@H](C1)O2. The van der Waals surface area contributed by atoms with Gasteiger partial charge in [-0.3, -0.25) is 9.59 Å². The Kier molecular flexibility index (Phi) is 3.71. The molecule has 0 saturated carbocycles. The van der Waals surface area contributed by atoms with Crippen LogP contribution in [0.2, 0.25) is 0 Å². The minimum absolute atomic E-state index is 0.0131. The number of hydrogen-bond donors (Lipinski definition) is 2. The minimum atomic E-state index is -0.772. The molecule has 3 heterocycles. The quantitative estimate of drug-likeness (QED) is 0.809. The standard InChI is InChI=1S/C13H19NO4S/c15-12(7-3-9-1-2-10(4-7)18-9)14-8-5-11(13(16)17)19-6-8/h7-11H,1-6H2,(H,14,15)(H,16,17)/t7?,8-,9-,10+,11-/m0/s1. The molecule has 2 N–H and O–H groups in total. The van der Waals surface area contributed by atoms with Gasteiger partial charge in [0.2, 0.25) is 5.91 Å². The number of aliphatic carboxylic acids is 1. The van der Waals surface area contributed by atoms with E-state index in [-0.39, 0.29) is 35.3 Å². The van der Waals surface area contributed by atoms with Crippen LogP contribution >= 0.6 is 11.8 Å². The molecule has 0 spiro atoms. The van der Waals surface area contributed by atoms with Gasteiger partial charge in [0, 0.05) is 17.7 Å². The van der Waals surface area contributed by atoms with Crippen molar-refractivity contribution in [1.29, 1.82) is 0 Å². The van der Waals surface area contributed by atoms with Crippen molar-refractivity contribution in [1.82, 2.24) is 5.32 Å². The summed E-state index contributed by atoms with van der Waals surface area (Å²) in [4.78, 5) is 23.1. The van der Waals surface area contributed by atoms with Crippen molar-refractivity contribution in [2.75, 3.05) is 5.75 Å². The van der Waals surface area contributed by atoms with Gasteiger partial charge in [-0.15, -0.1) is 11.8 Å². The highest BCUT2D eigenvalue weighted by Crippen LogP contribution is 2.36. The Hall–Kier alpha value is -0.750. The molecule has 106 valence electrons. The average Bonchev–Trinajstić information content (AvgIpc) is 2.96. The molecule has 5 nitrogen and oxygen atoms in total. The van der Waals surface area contributed by atoms with Gasteiger partial charge in [-0.2, -0.15) is 0 Å². The van der Waals surface area contributed by atoms with E-state index in [2.05, 4.69) is 5.32 Å². The summed E-state index contributed by atoms with van der Waals surface area (Å²) in [6.45, 7) is 0. The molecule has 0 aromatic heterocycles. The molecule has 0 aromatic carbocycles. The second-order valence-corrected chi connectivity index (χ2v) is 6.96. The number of ether oxygens (including phenoxy) is 1. The second-order valence-electron chi connectivity index (χ2n) is 5.73. The van der Waals surface area contributed by atoms with Crippen molar-refractivity contribution in [2.24, 2.45) is 5.92 Å². The summed E-state index contributed by atoms with van der Waals surface area (Å²) in [6, 6.07) is 0.0131. The number of rotatable bonds is 3. The maximum Gasteiger partial charge on any atom is 0.316 e. The van der Waals surface area contributed by atoms with Gasteiger partial charge in [0.05, 0.1) is 12.2 Å². The molecular weight excluding hydrogens is 266 g/mol. The number of carboxylic acids is 1. The summed E-state index contributed by atoms with van der Waals surface area (Å²) in [5, 5.41) is 11.6. The zero-order valence-electron chi connectivity index (χ0n) is 10.7. The number of carbonyl (C=O) groups excluding carboxylic acids is 1. The van der Waals surface area contributed by atoms with E-state index in [9.17, 15) is 9.59 Å². The van der Waals surface area contributed by atoms with E-state index in [4.69, 9.17) is 9.84 Å². The molecule has 2 bridgehead atoms. The number of fused-ring (bicyclic) bond motifs is 2. The Morgan fingerprint density at radius 2 is 1.84 bits per heavy atom. The molecule has 3 saturated heterocycles. The Morgan fingerprint density at radius 3 is 2.42 bits per heavy atom. The number of nitrogens with one attached hydrogen (secondary N) is 1. The monoisotopic (exact) mass is 285 g/mol. The predicted octanol–water partition coefficient (Wildman–Crippen LogP) is 1.02. The highest BCUT2D eigenvalue weighted by molar-refractivity contribution is 8.00. The highest BCUT2D eigenvalue weighted by atomic mass is 32.2. The van der Waals surface area contributed by atoms with Gasteiger partial charge in [-0.05, 0) is 32.1 Å². The Balaban J connectivity index is 1.50. The lowest BCUT2D eigenvalue weighted by atomic mass is 9.94. The Bertz CT molecular complexity index is 377. The van der Waals surface area contributed by atoms with Crippen LogP contribution in [0.4, 0.5) is 0 Å².